The lowest BCUT2D eigenvalue weighted by molar-refractivity contribution is -0.129. The van der Waals surface area contributed by atoms with Crippen molar-refractivity contribution >= 4 is 11.7 Å². The maximum atomic E-state index is 12.6. The molecule has 0 radical (unpaired) electrons. The van der Waals surface area contributed by atoms with Crippen molar-refractivity contribution in [3.63, 3.8) is 0 Å². The first kappa shape index (κ1) is 15.8. The van der Waals surface area contributed by atoms with Crippen LogP contribution in [0.15, 0.2) is 5.16 Å². The average molecular weight is 271 g/mol. The van der Waals surface area contributed by atoms with Gasteiger partial charge in [-0.15, -0.1) is 0 Å². The molecule has 0 aliphatic carbocycles. The van der Waals surface area contributed by atoms with Gasteiger partial charge < -0.3 is 21.0 Å². The molecule has 1 rings (SSSR count). The van der Waals surface area contributed by atoms with Crippen LogP contribution in [-0.2, 0) is 9.53 Å². The highest BCUT2D eigenvalue weighted by Crippen LogP contribution is 2.31. The van der Waals surface area contributed by atoms with E-state index in [0.29, 0.717) is 26.1 Å². The number of ether oxygens (including phenoxy) is 1. The maximum Gasteiger partial charge on any atom is 0.234 e. The summed E-state index contributed by atoms with van der Waals surface area (Å²) in [6, 6.07) is 0.0343. The molecule has 0 aromatic rings. The van der Waals surface area contributed by atoms with Crippen molar-refractivity contribution in [2.45, 2.75) is 52.0 Å². The van der Waals surface area contributed by atoms with Gasteiger partial charge in [0.2, 0.25) is 5.91 Å². The molecule has 1 aliphatic heterocycles. The van der Waals surface area contributed by atoms with Crippen LogP contribution < -0.4 is 11.1 Å². The summed E-state index contributed by atoms with van der Waals surface area (Å²) < 4.78 is 5.25. The minimum absolute atomic E-state index is 0.00705. The Balaban J connectivity index is 2.88. The van der Waals surface area contributed by atoms with Gasteiger partial charge in [0.25, 0.3) is 0 Å². The zero-order chi connectivity index (χ0) is 14.3. The zero-order valence-electron chi connectivity index (χ0n) is 11.8. The van der Waals surface area contributed by atoms with Crippen molar-refractivity contribution in [1.29, 1.82) is 0 Å². The summed E-state index contributed by atoms with van der Waals surface area (Å²) in [7, 11) is 0. The molecule has 1 fully saturated rings. The van der Waals surface area contributed by atoms with Crippen LogP contribution in [0.5, 0.6) is 0 Å². The molecule has 4 N–H and O–H groups in total. The molecule has 1 unspecified atom stereocenters. The lowest BCUT2D eigenvalue weighted by Gasteiger charge is -2.31. The topological polar surface area (TPSA) is 96.9 Å². The van der Waals surface area contributed by atoms with Crippen molar-refractivity contribution in [1.82, 2.24) is 5.32 Å². The number of rotatable bonds is 7. The van der Waals surface area contributed by atoms with E-state index < -0.39 is 5.41 Å². The fraction of sp³-hybridized carbons (Fsp3) is 0.846. The van der Waals surface area contributed by atoms with Crippen LogP contribution in [0.25, 0.3) is 0 Å². The van der Waals surface area contributed by atoms with E-state index in [-0.39, 0.29) is 17.8 Å². The van der Waals surface area contributed by atoms with Crippen LogP contribution in [-0.4, -0.2) is 36.2 Å². The van der Waals surface area contributed by atoms with Crippen LogP contribution in [0.1, 0.15) is 46.0 Å². The number of oxime groups is 1. The summed E-state index contributed by atoms with van der Waals surface area (Å²) in [5.74, 6) is -0.144. The molecular weight excluding hydrogens is 246 g/mol. The second-order valence-corrected chi connectivity index (χ2v) is 5.10. The summed E-state index contributed by atoms with van der Waals surface area (Å²) in [6.45, 7) is 5.18. The van der Waals surface area contributed by atoms with Gasteiger partial charge in [0.1, 0.15) is 5.41 Å². The quantitative estimate of drug-likeness (QED) is 0.281. The third-order valence-corrected chi connectivity index (χ3v) is 3.65. The molecule has 0 spiro atoms. The second-order valence-electron chi connectivity index (χ2n) is 5.10. The molecule has 0 saturated carbocycles. The SMILES string of the molecule is CCCC(CCC)(C(=O)NC1CCOC1)C(N)=NO. The first-order chi connectivity index (χ1) is 9.10. The lowest BCUT2D eigenvalue weighted by Crippen LogP contribution is -2.52. The smallest absolute Gasteiger partial charge is 0.234 e. The molecule has 0 aromatic heterocycles. The summed E-state index contributed by atoms with van der Waals surface area (Å²) in [6.07, 6.45) is 3.57. The predicted molar refractivity (Wildman–Crippen MR) is 73.0 cm³/mol. The van der Waals surface area contributed by atoms with E-state index in [1.807, 2.05) is 13.8 Å². The number of hydrogen-bond donors (Lipinski definition) is 3. The Morgan fingerprint density at radius 3 is 2.53 bits per heavy atom. The van der Waals surface area contributed by atoms with E-state index in [2.05, 4.69) is 10.5 Å². The molecule has 0 bridgehead atoms. The summed E-state index contributed by atoms with van der Waals surface area (Å²) in [5, 5.41) is 15.1. The zero-order valence-corrected chi connectivity index (χ0v) is 11.8. The highest BCUT2D eigenvalue weighted by molar-refractivity contribution is 6.06. The fourth-order valence-corrected chi connectivity index (χ4v) is 2.65. The Bertz CT molecular complexity index is 319. The number of carbonyl (C=O) groups excluding carboxylic acids is 1. The van der Waals surface area contributed by atoms with Crippen LogP contribution in [0.4, 0.5) is 0 Å². The largest absolute Gasteiger partial charge is 0.409 e. The van der Waals surface area contributed by atoms with Crippen molar-refractivity contribution in [3.05, 3.63) is 0 Å². The van der Waals surface area contributed by atoms with E-state index in [1.165, 1.54) is 0 Å². The van der Waals surface area contributed by atoms with Gasteiger partial charge >= 0.3 is 0 Å². The van der Waals surface area contributed by atoms with Gasteiger partial charge in [-0.3, -0.25) is 4.79 Å². The number of hydrogen-bond acceptors (Lipinski definition) is 4. The minimum atomic E-state index is -0.902. The Kier molecular flexibility index (Phi) is 6.08. The third-order valence-electron chi connectivity index (χ3n) is 3.65. The Morgan fingerprint density at radius 1 is 1.47 bits per heavy atom. The molecule has 110 valence electrons. The monoisotopic (exact) mass is 271 g/mol. The number of carbonyl (C=O) groups is 1. The fourth-order valence-electron chi connectivity index (χ4n) is 2.65. The Hall–Kier alpha value is -1.30. The number of nitrogens with two attached hydrogens (primary N) is 1. The molecule has 1 aliphatic rings. The molecule has 1 atom stereocenters. The Labute approximate surface area is 114 Å². The second kappa shape index (κ2) is 7.33. The molecule has 6 heteroatoms. The molecule has 1 heterocycles. The molecule has 1 amide bonds. The van der Waals surface area contributed by atoms with E-state index in [1.54, 1.807) is 0 Å². The van der Waals surface area contributed by atoms with Crippen LogP contribution >= 0.6 is 0 Å². The average Bonchev–Trinajstić information content (AvgIpc) is 2.90. The molecule has 0 aromatic carbocycles. The van der Waals surface area contributed by atoms with Gasteiger partial charge in [0.15, 0.2) is 5.84 Å². The van der Waals surface area contributed by atoms with E-state index >= 15 is 0 Å². The first-order valence-corrected chi connectivity index (χ1v) is 6.97. The molecular formula is C13H25N3O3. The van der Waals surface area contributed by atoms with Gasteiger partial charge in [-0.1, -0.05) is 31.8 Å². The third kappa shape index (κ3) is 3.59. The van der Waals surface area contributed by atoms with Crippen molar-refractivity contribution in [2.75, 3.05) is 13.2 Å². The maximum absolute atomic E-state index is 12.6. The molecule has 19 heavy (non-hydrogen) atoms. The summed E-state index contributed by atoms with van der Waals surface area (Å²) >= 11 is 0. The van der Waals surface area contributed by atoms with Gasteiger partial charge in [-0.2, -0.15) is 0 Å². The standard InChI is InChI=1S/C13H25N3O3/c1-3-6-13(7-4-2,11(14)16-18)12(17)15-10-5-8-19-9-10/h10,18H,3-9H2,1-2H3,(H2,14,16)(H,15,17). The highest BCUT2D eigenvalue weighted by Gasteiger charge is 2.42. The van der Waals surface area contributed by atoms with Crippen molar-refractivity contribution in [3.8, 4) is 0 Å². The van der Waals surface area contributed by atoms with E-state index in [9.17, 15) is 4.79 Å². The highest BCUT2D eigenvalue weighted by atomic mass is 16.5. The van der Waals surface area contributed by atoms with Gasteiger partial charge in [-0.05, 0) is 19.3 Å². The predicted octanol–water partition coefficient (Wildman–Crippen LogP) is 1.22. The first-order valence-electron chi connectivity index (χ1n) is 6.97. The van der Waals surface area contributed by atoms with Crippen molar-refractivity contribution in [2.24, 2.45) is 16.3 Å². The van der Waals surface area contributed by atoms with Crippen LogP contribution in [0, 0.1) is 5.41 Å². The molecule has 6 nitrogen and oxygen atoms in total. The van der Waals surface area contributed by atoms with E-state index in [0.717, 1.165) is 19.3 Å². The summed E-state index contributed by atoms with van der Waals surface area (Å²) in [4.78, 5) is 12.6. The lowest BCUT2D eigenvalue weighted by atomic mass is 9.77. The summed E-state index contributed by atoms with van der Waals surface area (Å²) in [5.41, 5.74) is 4.91. The number of nitrogens with one attached hydrogen (secondary N) is 1. The van der Waals surface area contributed by atoms with Gasteiger partial charge in [-0.25, -0.2) is 0 Å². The normalized spacial score (nSPS) is 20.5. The number of nitrogens with zero attached hydrogens (tertiary/aromatic N) is 1. The minimum Gasteiger partial charge on any atom is -0.409 e. The van der Waals surface area contributed by atoms with E-state index in [4.69, 9.17) is 15.7 Å². The van der Waals surface area contributed by atoms with Crippen LogP contribution in [0.2, 0.25) is 0 Å². The van der Waals surface area contributed by atoms with Gasteiger partial charge in [0, 0.05) is 6.61 Å². The number of amides is 1. The molecule has 1 saturated heterocycles. The van der Waals surface area contributed by atoms with Crippen molar-refractivity contribution < 1.29 is 14.7 Å². The number of amidine groups is 1. The Morgan fingerprint density at radius 2 is 2.11 bits per heavy atom. The van der Waals surface area contributed by atoms with Gasteiger partial charge in [0.05, 0.1) is 12.6 Å². The van der Waals surface area contributed by atoms with Crippen LogP contribution in [0.3, 0.4) is 0 Å².